The zero-order valence-corrected chi connectivity index (χ0v) is 20.7. The van der Waals surface area contributed by atoms with Crippen LogP contribution in [0.2, 0.25) is 5.02 Å². The summed E-state index contributed by atoms with van der Waals surface area (Å²) < 4.78 is 31.4. The number of halogens is 2. The number of aromatic nitrogens is 1. The summed E-state index contributed by atoms with van der Waals surface area (Å²) in [6.45, 7) is 5.40. The molecule has 8 nitrogen and oxygen atoms in total. The van der Waals surface area contributed by atoms with E-state index in [1.165, 1.54) is 10.6 Å². The quantitative estimate of drug-likeness (QED) is 0.314. The number of piperazine rings is 1. The maximum Gasteiger partial charge on any atom is 0.220 e. The fourth-order valence-corrected chi connectivity index (χ4v) is 4.82. The second-order valence-electron chi connectivity index (χ2n) is 6.75. The number of nitrogens with one attached hydrogen (secondary N) is 1. The topological polar surface area (TPSA) is 91.0 Å². The van der Waals surface area contributed by atoms with Crippen LogP contribution in [0.15, 0.2) is 46.1 Å². The van der Waals surface area contributed by atoms with Gasteiger partial charge in [0, 0.05) is 50.4 Å². The summed E-state index contributed by atoms with van der Waals surface area (Å²) in [6, 6.07) is 9.35. The highest BCUT2D eigenvalue weighted by Gasteiger charge is 2.28. The Hall–Kier alpha value is -1.37. The van der Waals surface area contributed by atoms with E-state index in [9.17, 15) is 8.42 Å². The molecule has 0 saturated carbocycles. The summed E-state index contributed by atoms with van der Waals surface area (Å²) in [6.07, 6.45) is 2.17. The molecule has 1 aliphatic heterocycles. The Labute approximate surface area is 199 Å². The monoisotopic (exact) mass is 567 g/mol. The molecule has 0 spiro atoms. The number of guanidine groups is 1. The Morgan fingerprint density at radius 2 is 2.03 bits per heavy atom. The van der Waals surface area contributed by atoms with Crippen LogP contribution >= 0.6 is 35.6 Å². The third-order valence-electron chi connectivity index (χ3n) is 4.64. The zero-order valence-electron chi connectivity index (χ0n) is 16.8. The lowest BCUT2D eigenvalue weighted by Crippen LogP contribution is -2.54. The number of hydrogen-bond acceptors (Lipinski definition) is 5. The standard InChI is InChI=1S/C19H26ClN5O3S.HI/c1-2-21-19(22-8-6-16-4-3-5-17(20)14-16)24-9-11-25(12-10-24)29(26,27)15-18-7-13-28-23-18;/h3-5,7,13-14H,2,6,8-12,15H2,1H3,(H,21,22);1H. The number of hydrogen-bond donors (Lipinski definition) is 1. The second-order valence-corrected chi connectivity index (χ2v) is 9.15. The minimum atomic E-state index is -3.41. The summed E-state index contributed by atoms with van der Waals surface area (Å²) in [5.74, 6) is 0.667. The van der Waals surface area contributed by atoms with Crippen molar-refractivity contribution in [2.45, 2.75) is 19.1 Å². The van der Waals surface area contributed by atoms with Crippen molar-refractivity contribution in [1.29, 1.82) is 0 Å². The molecule has 0 atom stereocenters. The number of nitrogens with zero attached hydrogens (tertiary/aromatic N) is 4. The number of benzene rings is 1. The summed E-state index contributed by atoms with van der Waals surface area (Å²) in [5.41, 5.74) is 1.56. The smallest absolute Gasteiger partial charge is 0.220 e. The van der Waals surface area contributed by atoms with Gasteiger partial charge in [-0.25, -0.2) is 8.42 Å². The lowest BCUT2D eigenvalue weighted by Gasteiger charge is -2.35. The zero-order chi connectivity index (χ0) is 20.7. The average Bonchev–Trinajstić information content (AvgIpc) is 3.20. The molecule has 1 saturated heterocycles. The lowest BCUT2D eigenvalue weighted by atomic mass is 10.1. The first kappa shape index (κ1) is 24.9. The van der Waals surface area contributed by atoms with Gasteiger partial charge in [-0.2, -0.15) is 4.31 Å². The van der Waals surface area contributed by atoms with Gasteiger partial charge in [-0.3, -0.25) is 4.99 Å². The molecule has 2 aromatic rings. The predicted molar refractivity (Wildman–Crippen MR) is 129 cm³/mol. The van der Waals surface area contributed by atoms with Crippen molar-refractivity contribution in [3.63, 3.8) is 0 Å². The van der Waals surface area contributed by atoms with Crippen molar-refractivity contribution in [3.8, 4) is 0 Å². The van der Waals surface area contributed by atoms with Crippen molar-refractivity contribution in [2.24, 2.45) is 4.99 Å². The summed E-state index contributed by atoms with van der Waals surface area (Å²) >= 11 is 6.03. The fourth-order valence-electron chi connectivity index (χ4n) is 3.18. The van der Waals surface area contributed by atoms with Gasteiger partial charge in [-0.05, 0) is 31.0 Å². The van der Waals surface area contributed by atoms with Crippen LogP contribution in [0.3, 0.4) is 0 Å². The first-order valence-electron chi connectivity index (χ1n) is 9.62. The van der Waals surface area contributed by atoms with E-state index in [1.54, 1.807) is 6.07 Å². The van der Waals surface area contributed by atoms with E-state index < -0.39 is 10.0 Å². The molecule has 30 heavy (non-hydrogen) atoms. The fraction of sp³-hybridized carbons (Fsp3) is 0.474. The molecule has 0 unspecified atom stereocenters. The highest BCUT2D eigenvalue weighted by atomic mass is 127. The van der Waals surface area contributed by atoms with Crippen molar-refractivity contribution in [1.82, 2.24) is 19.7 Å². The molecule has 3 rings (SSSR count). The lowest BCUT2D eigenvalue weighted by molar-refractivity contribution is 0.260. The van der Waals surface area contributed by atoms with Gasteiger partial charge in [0.1, 0.15) is 12.0 Å². The van der Waals surface area contributed by atoms with Crippen LogP contribution in [-0.2, 0) is 22.2 Å². The molecule has 2 heterocycles. The average molecular weight is 568 g/mol. The molecule has 0 aliphatic carbocycles. The molecule has 166 valence electrons. The third kappa shape index (κ3) is 7.10. The molecular formula is C19H27ClIN5O3S. The Bertz CT molecular complexity index is 916. The van der Waals surface area contributed by atoms with E-state index in [2.05, 4.69) is 15.4 Å². The second kappa shape index (κ2) is 11.9. The van der Waals surface area contributed by atoms with E-state index in [0.717, 1.165) is 29.5 Å². The first-order chi connectivity index (χ1) is 14.0. The summed E-state index contributed by atoms with van der Waals surface area (Å²) in [5, 5.41) is 7.72. The molecule has 1 aromatic heterocycles. The largest absolute Gasteiger partial charge is 0.364 e. The first-order valence-corrected chi connectivity index (χ1v) is 11.6. The van der Waals surface area contributed by atoms with E-state index in [1.807, 2.05) is 31.2 Å². The van der Waals surface area contributed by atoms with Gasteiger partial charge in [0.05, 0.1) is 5.69 Å². The van der Waals surface area contributed by atoms with E-state index in [0.29, 0.717) is 38.4 Å². The van der Waals surface area contributed by atoms with Crippen molar-refractivity contribution in [2.75, 3.05) is 39.3 Å². The van der Waals surface area contributed by atoms with Crippen LogP contribution in [0.25, 0.3) is 0 Å². The maximum atomic E-state index is 12.6. The Balaban J connectivity index is 0.00000320. The molecule has 1 fully saturated rings. The molecule has 11 heteroatoms. The minimum absolute atomic E-state index is 0. The summed E-state index contributed by atoms with van der Waals surface area (Å²) in [7, 11) is -3.41. The van der Waals surface area contributed by atoms with E-state index in [-0.39, 0.29) is 29.7 Å². The molecule has 1 aromatic carbocycles. The van der Waals surface area contributed by atoms with Crippen LogP contribution < -0.4 is 5.32 Å². The maximum absolute atomic E-state index is 12.6. The molecule has 0 bridgehead atoms. The predicted octanol–water partition coefficient (Wildman–Crippen LogP) is 2.60. The molecule has 1 aliphatic rings. The van der Waals surface area contributed by atoms with Crippen molar-refractivity contribution in [3.05, 3.63) is 52.9 Å². The van der Waals surface area contributed by atoms with Gasteiger partial charge in [0.15, 0.2) is 5.96 Å². The molecular weight excluding hydrogens is 541 g/mol. The van der Waals surface area contributed by atoms with Crippen LogP contribution in [0.5, 0.6) is 0 Å². The van der Waals surface area contributed by atoms with Gasteiger partial charge in [0.2, 0.25) is 10.0 Å². The number of aliphatic imine (C=N–C) groups is 1. The van der Waals surface area contributed by atoms with Gasteiger partial charge >= 0.3 is 0 Å². The van der Waals surface area contributed by atoms with Gasteiger partial charge < -0.3 is 14.7 Å². The van der Waals surface area contributed by atoms with E-state index in [4.69, 9.17) is 21.1 Å². The van der Waals surface area contributed by atoms with Gasteiger partial charge in [-0.15, -0.1) is 24.0 Å². The number of rotatable bonds is 7. The summed E-state index contributed by atoms with van der Waals surface area (Å²) in [4.78, 5) is 6.81. The van der Waals surface area contributed by atoms with Crippen molar-refractivity contribution < 1.29 is 12.9 Å². The SMILES string of the molecule is CCNC(=NCCc1cccc(Cl)c1)N1CCN(S(=O)(=O)Cc2ccon2)CC1.I. The highest BCUT2D eigenvalue weighted by Crippen LogP contribution is 2.14. The highest BCUT2D eigenvalue weighted by molar-refractivity contribution is 14.0. The Morgan fingerprint density at radius 1 is 1.27 bits per heavy atom. The van der Waals surface area contributed by atoms with Gasteiger partial charge in [0.25, 0.3) is 0 Å². The Morgan fingerprint density at radius 3 is 2.67 bits per heavy atom. The Kier molecular flexibility index (Phi) is 9.85. The van der Waals surface area contributed by atoms with Crippen LogP contribution in [0.4, 0.5) is 0 Å². The van der Waals surface area contributed by atoms with Crippen molar-refractivity contribution >= 4 is 51.6 Å². The van der Waals surface area contributed by atoms with Crippen LogP contribution in [-0.4, -0.2) is 68.0 Å². The van der Waals surface area contributed by atoms with Crippen LogP contribution in [0.1, 0.15) is 18.2 Å². The van der Waals surface area contributed by atoms with E-state index >= 15 is 0 Å². The normalized spacial score (nSPS) is 15.7. The number of sulfonamides is 1. The third-order valence-corrected chi connectivity index (χ3v) is 6.69. The molecule has 1 N–H and O–H groups in total. The molecule has 0 radical (unpaired) electrons. The molecule has 0 amide bonds. The van der Waals surface area contributed by atoms with Gasteiger partial charge in [-0.1, -0.05) is 28.9 Å². The van der Waals surface area contributed by atoms with Crippen LogP contribution in [0, 0.1) is 0 Å². The minimum Gasteiger partial charge on any atom is -0.364 e.